The van der Waals surface area contributed by atoms with Crippen molar-refractivity contribution < 1.29 is 27.1 Å². The van der Waals surface area contributed by atoms with Gasteiger partial charge in [0.25, 0.3) is 5.91 Å². The van der Waals surface area contributed by atoms with E-state index in [0.29, 0.717) is 11.5 Å². The second kappa shape index (κ2) is 9.22. The number of carbonyl (C=O) groups is 1. The summed E-state index contributed by atoms with van der Waals surface area (Å²) in [6, 6.07) is 10.6. The van der Waals surface area contributed by atoms with Crippen LogP contribution >= 0.6 is 11.6 Å². The second-order valence-corrected chi connectivity index (χ2v) is 9.77. The maximum Gasteiger partial charge on any atom is 0.263 e. The first-order valence-corrected chi connectivity index (χ1v) is 11.6. The van der Waals surface area contributed by atoms with E-state index in [0.717, 1.165) is 0 Å². The number of rotatable bonds is 7. The lowest BCUT2D eigenvalue weighted by molar-refractivity contribution is -0.140. The molecule has 30 heavy (non-hydrogen) atoms. The summed E-state index contributed by atoms with van der Waals surface area (Å²) in [6.45, 7) is 1.42. The van der Waals surface area contributed by atoms with Gasteiger partial charge >= 0.3 is 0 Å². The van der Waals surface area contributed by atoms with Crippen molar-refractivity contribution in [3.8, 4) is 11.5 Å². The van der Waals surface area contributed by atoms with Gasteiger partial charge in [0.2, 0.25) is 0 Å². The number of amides is 1. The normalized spacial score (nSPS) is 18.6. The zero-order chi connectivity index (χ0) is 21.9. The Morgan fingerprint density at radius 2 is 1.93 bits per heavy atom. The molecule has 0 bridgehead atoms. The molecule has 1 fully saturated rings. The molecule has 1 aliphatic rings. The van der Waals surface area contributed by atoms with Gasteiger partial charge in [0, 0.05) is 16.6 Å². The van der Waals surface area contributed by atoms with E-state index >= 15 is 0 Å². The lowest BCUT2D eigenvalue weighted by atomic mass is 10.1. The Hall–Kier alpha value is -2.32. The van der Waals surface area contributed by atoms with Gasteiger partial charge in [0.05, 0.1) is 25.2 Å². The van der Waals surface area contributed by atoms with Crippen molar-refractivity contribution in [2.45, 2.75) is 32.0 Å². The molecule has 1 heterocycles. The Morgan fingerprint density at radius 3 is 2.53 bits per heavy atom. The number of ether oxygens (including phenoxy) is 2. The summed E-state index contributed by atoms with van der Waals surface area (Å²) in [5, 5.41) is 0.173. The van der Waals surface area contributed by atoms with Crippen LogP contribution in [0.5, 0.6) is 11.5 Å². The zero-order valence-electron chi connectivity index (χ0n) is 16.7. The van der Waals surface area contributed by atoms with Crippen molar-refractivity contribution in [3.63, 3.8) is 0 Å². The van der Waals surface area contributed by atoms with Gasteiger partial charge in [-0.1, -0.05) is 29.8 Å². The van der Waals surface area contributed by atoms with Crippen molar-refractivity contribution in [1.82, 2.24) is 4.90 Å². The summed E-state index contributed by atoms with van der Waals surface area (Å²) in [5.41, 5.74) is 0.140. The molecule has 1 amide bonds. The minimum Gasteiger partial charge on any atom is -0.493 e. The SMILES string of the molecule is COc1ccccc1OC(C)C(=O)N(Cc1c(F)cccc1Cl)C1CCS(=O)(=O)C1. The summed E-state index contributed by atoms with van der Waals surface area (Å²) in [4.78, 5) is 14.6. The van der Waals surface area contributed by atoms with Crippen LogP contribution in [0, 0.1) is 5.82 Å². The fourth-order valence-corrected chi connectivity index (χ4v) is 5.41. The highest BCUT2D eigenvalue weighted by Crippen LogP contribution is 2.29. The lowest BCUT2D eigenvalue weighted by Crippen LogP contribution is -2.46. The minimum atomic E-state index is -3.26. The van der Waals surface area contributed by atoms with Gasteiger partial charge in [0.15, 0.2) is 27.4 Å². The average molecular weight is 456 g/mol. The van der Waals surface area contributed by atoms with Crippen molar-refractivity contribution in [1.29, 1.82) is 0 Å². The van der Waals surface area contributed by atoms with Gasteiger partial charge in [-0.15, -0.1) is 0 Å². The quantitative estimate of drug-likeness (QED) is 0.639. The monoisotopic (exact) mass is 455 g/mol. The van der Waals surface area contributed by atoms with Gasteiger partial charge in [-0.3, -0.25) is 4.79 Å². The van der Waals surface area contributed by atoms with Crippen LogP contribution in [0.1, 0.15) is 18.9 Å². The molecular weight excluding hydrogens is 433 g/mol. The third-order valence-electron chi connectivity index (χ3n) is 5.04. The molecule has 2 atom stereocenters. The van der Waals surface area contributed by atoms with E-state index < -0.39 is 33.7 Å². The van der Waals surface area contributed by atoms with Crippen LogP contribution in [0.25, 0.3) is 0 Å². The van der Waals surface area contributed by atoms with E-state index in [1.165, 1.54) is 30.2 Å². The van der Waals surface area contributed by atoms with Gasteiger partial charge in [-0.2, -0.15) is 0 Å². The Kier molecular flexibility index (Phi) is 6.88. The number of sulfone groups is 1. The predicted molar refractivity (Wildman–Crippen MR) is 112 cm³/mol. The fraction of sp³-hybridized carbons (Fsp3) is 0.381. The molecule has 2 unspecified atom stereocenters. The third-order valence-corrected chi connectivity index (χ3v) is 7.15. The molecule has 1 aliphatic heterocycles. The number of hydrogen-bond donors (Lipinski definition) is 0. The molecule has 2 aromatic carbocycles. The van der Waals surface area contributed by atoms with E-state index in [1.807, 2.05) is 0 Å². The maximum absolute atomic E-state index is 14.4. The van der Waals surface area contributed by atoms with E-state index in [9.17, 15) is 17.6 Å². The van der Waals surface area contributed by atoms with Crippen molar-refractivity contribution in [2.24, 2.45) is 0 Å². The molecule has 1 saturated heterocycles. The number of halogens is 2. The summed E-state index contributed by atoms with van der Waals surface area (Å²) >= 11 is 6.15. The number of benzene rings is 2. The van der Waals surface area contributed by atoms with Gasteiger partial charge in [-0.05, 0) is 37.6 Å². The van der Waals surface area contributed by atoms with E-state index in [4.69, 9.17) is 21.1 Å². The van der Waals surface area contributed by atoms with E-state index in [1.54, 1.807) is 31.2 Å². The minimum absolute atomic E-state index is 0.0196. The molecule has 0 spiro atoms. The van der Waals surface area contributed by atoms with Gasteiger partial charge in [-0.25, -0.2) is 12.8 Å². The lowest BCUT2D eigenvalue weighted by Gasteiger charge is -2.31. The first-order valence-electron chi connectivity index (χ1n) is 9.45. The number of para-hydroxylation sites is 2. The summed E-state index contributed by atoms with van der Waals surface area (Å²) in [7, 11) is -1.77. The van der Waals surface area contributed by atoms with Crippen LogP contribution < -0.4 is 9.47 Å². The maximum atomic E-state index is 14.4. The standard InChI is InChI=1S/C21H23ClFNO5S/c1-14(29-20-9-4-3-8-19(20)28-2)21(25)24(15-10-11-30(26,27)13-15)12-16-17(22)6-5-7-18(16)23/h3-9,14-15H,10-13H2,1-2H3. The van der Waals surface area contributed by atoms with E-state index in [-0.39, 0.29) is 35.1 Å². The van der Waals surface area contributed by atoms with E-state index in [2.05, 4.69) is 0 Å². The van der Waals surface area contributed by atoms with Crippen LogP contribution in [0.3, 0.4) is 0 Å². The molecular formula is C21H23ClFNO5S. The fourth-order valence-electron chi connectivity index (χ4n) is 3.45. The van der Waals surface area contributed by atoms with Crippen LogP contribution in [0.15, 0.2) is 42.5 Å². The predicted octanol–water partition coefficient (Wildman–Crippen LogP) is 3.47. The summed E-state index contributed by atoms with van der Waals surface area (Å²) in [5.74, 6) is -0.366. The summed E-state index contributed by atoms with van der Waals surface area (Å²) < 4.78 is 49.4. The Balaban J connectivity index is 1.88. The highest BCUT2D eigenvalue weighted by Gasteiger charge is 2.37. The largest absolute Gasteiger partial charge is 0.493 e. The van der Waals surface area contributed by atoms with Gasteiger partial charge in [0.1, 0.15) is 5.82 Å². The first kappa shape index (κ1) is 22.4. The Morgan fingerprint density at radius 1 is 1.23 bits per heavy atom. The number of nitrogens with zero attached hydrogens (tertiary/aromatic N) is 1. The molecule has 0 aliphatic carbocycles. The zero-order valence-corrected chi connectivity index (χ0v) is 18.2. The smallest absolute Gasteiger partial charge is 0.263 e. The topological polar surface area (TPSA) is 72.9 Å². The number of methoxy groups -OCH3 is 1. The van der Waals surface area contributed by atoms with Crippen LogP contribution in [0.4, 0.5) is 4.39 Å². The molecule has 9 heteroatoms. The highest BCUT2D eigenvalue weighted by atomic mass is 35.5. The Bertz CT molecular complexity index is 1010. The van der Waals surface area contributed by atoms with Crippen LogP contribution in [0.2, 0.25) is 5.02 Å². The molecule has 2 aromatic rings. The summed E-state index contributed by atoms with van der Waals surface area (Å²) in [6.07, 6.45) is -0.670. The van der Waals surface area contributed by atoms with Crippen LogP contribution in [-0.4, -0.2) is 50.0 Å². The molecule has 6 nitrogen and oxygen atoms in total. The molecule has 0 aromatic heterocycles. The Labute approximate surface area is 180 Å². The number of hydrogen-bond acceptors (Lipinski definition) is 5. The molecule has 0 radical (unpaired) electrons. The molecule has 3 rings (SSSR count). The average Bonchev–Trinajstić information content (AvgIpc) is 3.07. The highest BCUT2D eigenvalue weighted by molar-refractivity contribution is 7.91. The van der Waals surface area contributed by atoms with Crippen molar-refractivity contribution >= 4 is 27.3 Å². The molecule has 0 N–H and O–H groups in total. The van der Waals surface area contributed by atoms with Crippen molar-refractivity contribution in [2.75, 3.05) is 18.6 Å². The first-order chi connectivity index (χ1) is 14.2. The van der Waals surface area contributed by atoms with Crippen molar-refractivity contribution in [3.05, 3.63) is 58.9 Å². The third kappa shape index (κ3) is 5.05. The molecule has 0 saturated carbocycles. The molecule has 162 valence electrons. The van der Waals surface area contributed by atoms with Gasteiger partial charge < -0.3 is 14.4 Å². The number of carbonyl (C=O) groups excluding carboxylic acids is 1. The second-order valence-electron chi connectivity index (χ2n) is 7.13. The van der Waals surface area contributed by atoms with Crippen LogP contribution in [-0.2, 0) is 21.2 Å².